The van der Waals surface area contributed by atoms with Crippen molar-refractivity contribution in [2.75, 3.05) is 7.11 Å². The zero-order chi connectivity index (χ0) is 21.0. The van der Waals surface area contributed by atoms with Crippen molar-refractivity contribution in [2.24, 2.45) is 0 Å². The fourth-order valence-corrected chi connectivity index (χ4v) is 3.03. The molecule has 0 aliphatic rings. The molecule has 0 fully saturated rings. The molecule has 0 saturated carbocycles. The van der Waals surface area contributed by atoms with Crippen LogP contribution < -0.4 is 15.1 Å². The van der Waals surface area contributed by atoms with Crippen LogP contribution in [0.5, 0.6) is 11.6 Å². The first-order chi connectivity index (χ1) is 13.8. The van der Waals surface area contributed by atoms with E-state index in [0.29, 0.717) is 17.4 Å². The van der Waals surface area contributed by atoms with Crippen LogP contribution in [0.15, 0.2) is 45.7 Å². The molecule has 0 atom stereocenters. The number of benzene rings is 1. The lowest BCUT2D eigenvalue weighted by Gasteiger charge is -2.15. The molecule has 1 aromatic carbocycles. The molecule has 3 rings (SSSR count). The Hall–Kier alpha value is -3.03. The molecular weight excluding hydrogens is 387 g/mol. The lowest BCUT2D eigenvalue weighted by atomic mass is 10.0. The number of hydrogen-bond acceptors (Lipinski definition) is 5. The minimum absolute atomic E-state index is 0.00744. The van der Waals surface area contributed by atoms with E-state index in [4.69, 9.17) is 9.15 Å². The van der Waals surface area contributed by atoms with Gasteiger partial charge < -0.3 is 13.9 Å². The second kappa shape index (κ2) is 8.55. The zero-order valence-corrected chi connectivity index (χ0v) is 16.0. The molecule has 154 valence electrons. The fourth-order valence-electron chi connectivity index (χ4n) is 3.03. The number of pyridine rings is 1. The highest BCUT2D eigenvalue weighted by Crippen LogP contribution is 2.35. The predicted octanol–water partition coefficient (Wildman–Crippen LogP) is 5.49. The number of aromatic nitrogens is 1. The minimum Gasteiger partial charge on any atom is -0.481 e. The van der Waals surface area contributed by atoms with Crippen molar-refractivity contribution < 1.29 is 27.1 Å². The third kappa shape index (κ3) is 5.07. The van der Waals surface area contributed by atoms with E-state index in [1.165, 1.54) is 37.6 Å². The molecule has 8 heteroatoms. The molecule has 0 bridgehead atoms. The normalized spacial score (nSPS) is 11.6. The topological polar surface area (TPSA) is 61.6 Å². The molecule has 0 N–H and O–H groups in total. The SMILES string of the molecule is CCCCCc1ccc(-c2cc3cnc(OC)cc3oc2=O)c(OC(F)(F)F)c1. The van der Waals surface area contributed by atoms with E-state index in [-0.39, 0.29) is 22.6 Å². The summed E-state index contributed by atoms with van der Waals surface area (Å²) in [7, 11) is 1.42. The highest BCUT2D eigenvalue weighted by Gasteiger charge is 2.32. The second-order valence-electron chi connectivity index (χ2n) is 6.55. The van der Waals surface area contributed by atoms with Gasteiger partial charge in [-0.15, -0.1) is 13.2 Å². The van der Waals surface area contributed by atoms with Gasteiger partial charge >= 0.3 is 12.0 Å². The summed E-state index contributed by atoms with van der Waals surface area (Å²) in [5.74, 6) is -0.175. The van der Waals surface area contributed by atoms with Crippen LogP contribution in [-0.4, -0.2) is 18.5 Å². The van der Waals surface area contributed by atoms with Gasteiger partial charge in [-0.25, -0.2) is 9.78 Å². The average molecular weight is 407 g/mol. The number of methoxy groups -OCH3 is 1. The van der Waals surface area contributed by atoms with E-state index in [0.717, 1.165) is 19.3 Å². The van der Waals surface area contributed by atoms with Crippen LogP contribution in [-0.2, 0) is 6.42 Å². The van der Waals surface area contributed by atoms with Crippen molar-refractivity contribution in [3.8, 4) is 22.8 Å². The van der Waals surface area contributed by atoms with Crippen molar-refractivity contribution >= 4 is 11.0 Å². The van der Waals surface area contributed by atoms with Crippen molar-refractivity contribution in [2.45, 2.75) is 39.0 Å². The van der Waals surface area contributed by atoms with Crippen LogP contribution in [0.1, 0.15) is 31.7 Å². The first-order valence-electron chi connectivity index (χ1n) is 9.17. The van der Waals surface area contributed by atoms with Gasteiger partial charge in [-0.3, -0.25) is 0 Å². The van der Waals surface area contributed by atoms with E-state index in [2.05, 4.69) is 9.72 Å². The number of fused-ring (bicyclic) bond motifs is 1. The van der Waals surface area contributed by atoms with Gasteiger partial charge in [-0.1, -0.05) is 31.9 Å². The summed E-state index contributed by atoms with van der Waals surface area (Å²) in [5.41, 5.74) is 0.117. The number of unbranched alkanes of at least 4 members (excludes halogenated alkanes) is 2. The van der Waals surface area contributed by atoms with E-state index in [9.17, 15) is 18.0 Å². The number of halogens is 3. The molecular formula is C21H20F3NO4. The van der Waals surface area contributed by atoms with Gasteiger partial charge in [0.15, 0.2) is 0 Å². The number of rotatable bonds is 7. The van der Waals surface area contributed by atoms with Crippen LogP contribution >= 0.6 is 0 Å². The lowest BCUT2D eigenvalue weighted by Crippen LogP contribution is -2.18. The standard InChI is InChI=1S/C21H20F3NO4/c1-3-4-5-6-13-7-8-15(18(9-13)29-21(22,23)24)16-10-14-12-25-19(27-2)11-17(14)28-20(16)26/h7-12H,3-6H2,1-2H3. The monoisotopic (exact) mass is 407 g/mol. The Morgan fingerprint density at radius 1 is 1.10 bits per heavy atom. The lowest BCUT2D eigenvalue weighted by molar-refractivity contribution is -0.274. The molecule has 29 heavy (non-hydrogen) atoms. The second-order valence-corrected chi connectivity index (χ2v) is 6.55. The summed E-state index contributed by atoms with van der Waals surface area (Å²) in [6.07, 6.45) is -0.0129. The molecule has 0 unspecified atom stereocenters. The molecule has 0 spiro atoms. The van der Waals surface area contributed by atoms with Gasteiger partial charge in [0.1, 0.15) is 11.3 Å². The van der Waals surface area contributed by atoms with Gasteiger partial charge in [0.25, 0.3) is 0 Å². The van der Waals surface area contributed by atoms with E-state index < -0.39 is 17.7 Å². The van der Waals surface area contributed by atoms with Crippen molar-refractivity contribution in [3.05, 3.63) is 52.5 Å². The number of alkyl halides is 3. The molecule has 0 radical (unpaired) electrons. The number of aryl methyl sites for hydroxylation is 1. The summed E-state index contributed by atoms with van der Waals surface area (Å²) >= 11 is 0. The highest BCUT2D eigenvalue weighted by molar-refractivity contribution is 5.83. The smallest absolute Gasteiger partial charge is 0.481 e. The Labute approximate surface area is 165 Å². The third-order valence-electron chi connectivity index (χ3n) is 4.43. The Morgan fingerprint density at radius 2 is 1.90 bits per heavy atom. The quantitative estimate of drug-likeness (QED) is 0.485. The van der Waals surface area contributed by atoms with Crippen LogP contribution in [0.3, 0.4) is 0 Å². The maximum absolute atomic E-state index is 13.0. The van der Waals surface area contributed by atoms with Crippen LogP contribution in [0, 0.1) is 0 Å². The third-order valence-corrected chi connectivity index (χ3v) is 4.43. The summed E-state index contributed by atoms with van der Waals surface area (Å²) in [6, 6.07) is 7.35. The van der Waals surface area contributed by atoms with E-state index in [1.54, 1.807) is 6.07 Å². The van der Waals surface area contributed by atoms with Gasteiger partial charge in [0.05, 0.1) is 12.7 Å². The average Bonchev–Trinajstić information content (AvgIpc) is 2.66. The predicted molar refractivity (Wildman–Crippen MR) is 102 cm³/mol. The van der Waals surface area contributed by atoms with Crippen LogP contribution in [0.25, 0.3) is 22.1 Å². The van der Waals surface area contributed by atoms with Crippen molar-refractivity contribution in [3.63, 3.8) is 0 Å². The molecule has 2 heterocycles. The molecule has 5 nitrogen and oxygen atoms in total. The Kier molecular flexibility index (Phi) is 6.10. The van der Waals surface area contributed by atoms with Gasteiger partial charge in [0.2, 0.25) is 5.88 Å². The first kappa shape index (κ1) is 20.7. The minimum atomic E-state index is -4.89. The molecule has 0 aliphatic heterocycles. The zero-order valence-electron chi connectivity index (χ0n) is 16.0. The van der Waals surface area contributed by atoms with Crippen LogP contribution in [0.2, 0.25) is 0 Å². The fraction of sp³-hybridized carbons (Fsp3) is 0.333. The van der Waals surface area contributed by atoms with Crippen molar-refractivity contribution in [1.82, 2.24) is 4.98 Å². The molecule has 0 aliphatic carbocycles. The van der Waals surface area contributed by atoms with E-state index >= 15 is 0 Å². The Morgan fingerprint density at radius 3 is 2.59 bits per heavy atom. The summed E-state index contributed by atoms with van der Waals surface area (Å²) < 4.78 is 53.4. The maximum Gasteiger partial charge on any atom is 0.573 e. The highest BCUT2D eigenvalue weighted by atomic mass is 19.4. The Balaban J connectivity index is 2.08. The maximum atomic E-state index is 13.0. The van der Waals surface area contributed by atoms with Crippen LogP contribution in [0.4, 0.5) is 13.2 Å². The first-order valence-corrected chi connectivity index (χ1v) is 9.17. The molecule has 2 aromatic heterocycles. The number of nitrogens with zero attached hydrogens (tertiary/aromatic N) is 1. The summed E-state index contributed by atoms with van der Waals surface area (Å²) in [4.78, 5) is 16.5. The Bertz CT molecular complexity index is 1060. The molecule has 3 aromatic rings. The van der Waals surface area contributed by atoms with Crippen molar-refractivity contribution in [1.29, 1.82) is 0 Å². The molecule has 0 amide bonds. The summed E-state index contributed by atoms with van der Waals surface area (Å²) in [6.45, 7) is 2.05. The van der Waals surface area contributed by atoms with Gasteiger partial charge in [-0.05, 0) is 30.5 Å². The number of hydrogen-bond donors (Lipinski definition) is 0. The molecule has 0 saturated heterocycles. The summed E-state index contributed by atoms with van der Waals surface area (Å²) in [5, 5.41) is 0.449. The van der Waals surface area contributed by atoms with Gasteiger partial charge in [0, 0.05) is 23.2 Å². The van der Waals surface area contributed by atoms with E-state index in [1.807, 2.05) is 6.92 Å². The number of ether oxygens (including phenoxy) is 2. The largest absolute Gasteiger partial charge is 0.573 e. The van der Waals surface area contributed by atoms with Gasteiger partial charge in [-0.2, -0.15) is 0 Å².